The number of carbonyl (C=O) groups is 1. The molecule has 1 N–H and O–H groups in total. The number of ether oxygens (including phenoxy) is 1. The van der Waals surface area contributed by atoms with Crippen molar-refractivity contribution in [3.05, 3.63) is 33.8 Å². The SMILES string of the molecule is CC(C)NC(=O)/C(C#N)=C\c1ccc(OCC#N)c(Br)c1. The third kappa shape index (κ3) is 5.29. The highest BCUT2D eigenvalue weighted by atomic mass is 79.9. The van der Waals surface area contributed by atoms with Crippen LogP contribution in [0.2, 0.25) is 0 Å². The molecule has 5 nitrogen and oxygen atoms in total. The molecular formula is C15H14BrN3O2. The summed E-state index contributed by atoms with van der Waals surface area (Å²) >= 11 is 3.32. The van der Waals surface area contributed by atoms with Crippen LogP contribution in [-0.4, -0.2) is 18.6 Å². The van der Waals surface area contributed by atoms with Gasteiger partial charge in [0.05, 0.1) is 4.47 Å². The van der Waals surface area contributed by atoms with Crippen LogP contribution in [0.4, 0.5) is 0 Å². The summed E-state index contributed by atoms with van der Waals surface area (Å²) in [6.07, 6.45) is 1.50. The minimum absolute atomic E-state index is 0.0290. The maximum absolute atomic E-state index is 11.8. The molecular weight excluding hydrogens is 334 g/mol. The van der Waals surface area contributed by atoms with E-state index in [0.29, 0.717) is 15.8 Å². The van der Waals surface area contributed by atoms with Crippen molar-refractivity contribution in [2.75, 3.05) is 6.61 Å². The number of hydrogen-bond donors (Lipinski definition) is 1. The molecule has 6 heteroatoms. The van der Waals surface area contributed by atoms with Gasteiger partial charge in [0.15, 0.2) is 6.61 Å². The predicted molar refractivity (Wildman–Crippen MR) is 82.1 cm³/mol. The fourth-order valence-electron chi connectivity index (χ4n) is 1.49. The monoisotopic (exact) mass is 347 g/mol. The van der Waals surface area contributed by atoms with E-state index in [1.54, 1.807) is 18.2 Å². The Bertz CT molecular complexity index is 639. The summed E-state index contributed by atoms with van der Waals surface area (Å²) in [5.74, 6) is 0.118. The largest absolute Gasteiger partial charge is 0.478 e. The molecule has 0 saturated heterocycles. The molecule has 1 aromatic carbocycles. The van der Waals surface area contributed by atoms with Crippen LogP contribution in [0.25, 0.3) is 6.08 Å². The van der Waals surface area contributed by atoms with Crippen molar-refractivity contribution in [2.24, 2.45) is 0 Å². The quantitative estimate of drug-likeness (QED) is 0.655. The minimum Gasteiger partial charge on any atom is -0.478 e. The smallest absolute Gasteiger partial charge is 0.262 e. The lowest BCUT2D eigenvalue weighted by Crippen LogP contribution is -2.30. The number of carbonyl (C=O) groups excluding carboxylic acids is 1. The first-order valence-electron chi connectivity index (χ1n) is 6.20. The average molecular weight is 348 g/mol. The lowest BCUT2D eigenvalue weighted by Gasteiger charge is -2.08. The molecule has 0 unspecified atom stereocenters. The lowest BCUT2D eigenvalue weighted by molar-refractivity contribution is -0.117. The first-order valence-corrected chi connectivity index (χ1v) is 6.99. The molecule has 0 heterocycles. The summed E-state index contributed by atoms with van der Waals surface area (Å²) in [6, 6.07) is 8.82. The van der Waals surface area contributed by atoms with E-state index >= 15 is 0 Å². The molecule has 0 radical (unpaired) electrons. The summed E-state index contributed by atoms with van der Waals surface area (Å²) < 4.78 is 5.85. The van der Waals surface area contributed by atoms with E-state index in [2.05, 4.69) is 21.2 Å². The van der Waals surface area contributed by atoms with Crippen LogP contribution in [0.15, 0.2) is 28.2 Å². The fraction of sp³-hybridized carbons (Fsp3) is 0.267. The van der Waals surface area contributed by atoms with E-state index in [0.717, 1.165) is 0 Å². The Morgan fingerprint density at radius 2 is 2.19 bits per heavy atom. The number of hydrogen-bond acceptors (Lipinski definition) is 4. The first-order chi connectivity index (χ1) is 9.97. The van der Waals surface area contributed by atoms with Gasteiger partial charge in [0.25, 0.3) is 5.91 Å². The summed E-state index contributed by atoms with van der Waals surface area (Å²) in [5.41, 5.74) is 0.711. The number of nitrogens with zero attached hydrogens (tertiary/aromatic N) is 2. The topological polar surface area (TPSA) is 85.9 Å². The zero-order chi connectivity index (χ0) is 15.8. The molecule has 21 heavy (non-hydrogen) atoms. The maximum atomic E-state index is 11.8. The molecule has 1 amide bonds. The van der Waals surface area contributed by atoms with Crippen molar-refractivity contribution in [3.63, 3.8) is 0 Å². The number of amides is 1. The highest BCUT2D eigenvalue weighted by Crippen LogP contribution is 2.26. The molecule has 0 aliphatic heterocycles. The maximum Gasteiger partial charge on any atom is 0.262 e. The number of nitriles is 2. The number of rotatable bonds is 5. The first kappa shape index (κ1) is 16.7. The standard InChI is InChI=1S/C15H14BrN3O2/c1-10(2)19-15(20)12(9-18)7-11-3-4-14(13(16)8-11)21-6-5-17/h3-4,7-8,10H,6H2,1-2H3,(H,19,20)/b12-7-. The molecule has 0 fully saturated rings. The molecule has 0 atom stereocenters. The van der Waals surface area contributed by atoms with Crippen molar-refractivity contribution in [1.82, 2.24) is 5.32 Å². The summed E-state index contributed by atoms with van der Waals surface area (Å²) in [7, 11) is 0. The number of halogens is 1. The van der Waals surface area contributed by atoms with Crippen LogP contribution in [0, 0.1) is 22.7 Å². The molecule has 1 rings (SSSR count). The van der Waals surface area contributed by atoms with E-state index in [1.165, 1.54) is 6.08 Å². The Morgan fingerprint density at radius 3 is 2.71 bits per heavy atom. The Kier molecular flexibility index (Phi) is 6.45. The number of nitrogens with one attached hydrogen (secondary N) is 1. The second-order valence-electron chi connectivity index (χ2n) is 4.43. The van der Waals surface area contributed by atoms with E-state index in [4.69, 9.17) is 15.3 Å². The van der Waals surface area contributed by atoms with Gasteiger partial charge in [-0.2, -0.15) is 10.5 Å². The van der Waals surface area contributed by atoms with Gasteiger partial charge in [-0.1, -0.05) is 6.07 Å². The summed E-state index contributed by atoms with van der Waals surface area (Å²) in [4.78, 5) is 11.8. The number of benzene rings is 1. The van der Waals surface area contributed by atoms with Crippen LogP contribution >= 0.6 is 15.9 Å². The highest BCUT2D eigenvalue weighted by Gasteiger charge is 2.10. The second kappa shape index (κ2) is 8.08. The van der Waals surface area contributed by atoms with Gasteiger partial charge in [0, 0.05) is 6.04 Å². The van der Waals surface area contributed by atoms with Gasteiger partial charge in [-0.05, 0) is 53.5 Å². The van der Waals surface area contributed by atoms with Gasteiger partial charge in [-0.3, -0.25) is 4.79 Å². The van der Waals surface area contributed by atoms with Crippen molar-refractivity contribution in [1.29, 1.82) is 10.5 Å². The van der Waals surface area contributed by atoms with Crippen LogP contribution < -0.4 is 10.1 Å². The lowest BCUT2D eigenvalue weighted by atomic mass is 10.1. The Labute approximate surface area is 132 Å². The Hall–Kier alpha value is -2.31. The van der Waals surface area contributed by atoms with Crippen LogP contribution in [-0.2, 0) is 4.79 Å². The summed E-state index contributed by atoms with van der Waals surface area (Å²) in [6.45, 7) is 3.60. The van der Waals surface area contributed by atoms with E-state index in [1.807, 2.05) is 26.0 Å². The van der Waals surface area contributed by atoms with Crippen molar-refractivity contribution < 1.29 is 9.53 Å². The fourth-order valence-corrected chi connectivity index (χ4v) is 2.00. The van der Waals surface area contributed by atoms with Crippen LogP contribution in [0.3, 0.4) is 0 Å². The molecule has 0 spiro atoms. The van der Waals surface area contributed by atoms with E-state index in [-0.39, 0.29) is 18.2 Å². The van der Waals surface area contributed by atoms with Gasteiger partial charge < -0.3 is 10.1 Å². The Balaban J connectivity index is 2.98. The molecule has 0 saturated carbocycles. The zero-order valence-corrected chi connectivity index (χ0v) is 13.3. The van der Waals surface area contributed by atoms with Gasteiger partial charge in [0.2, 0.25) is 0 Å². The predicted octanol–water partition coefficient (Wildman–Crippen LogP) is 2.78. The van der Waals surface area contributed by atoms with Gasteiger partial charge in [-0.25, -0.2) is 0 Å². The van der Waals surface area contributed by atoms with E-state index < -0.39 is 5.91 Å². The highest BCUT2D eigenvalue weighted by molar-refractivity contribution is 9.10. The Morgan fingerprint density at radius 1 is 1.48 bits per heavy atom. The normalized spacial score (nSPS) is 10.7. The second-order valence-corrected chi connectivity index (χ2v) is 5.29. The van der Waals surface area contributed by atoms with Gasteiger partial charge in [0.1, 0.15) is 23.5 Å². The van der Waals surface area contributed by atoms with Crippen molar-refractivity contribution in [3.8, 4) is 17.9 Å². The third-order valence-electron chi connectivity index (χ3n) is 2.34. The van der Waals surface area contributed by atoms with Crippen molar-refractivity contribution >= 4 is 27.9 Å². The van der Waals surface area contributed by atoms with Gasteiger partial charge >= 0.3 is 0 Å². The molecule has 0 bridgehead atoms. The van der Waals surface area contributed by atoms with Crippen LogP contribution in [0.1, 0.15) is 19.4 Å². The van der Waals surface area contributed by atoms with E-state index in [9.17, 15) is 4.79 Å². The minimum atomic E-state index is -0.409. The average Bonchev–Trinajstić information content (AvgIpc) is 2.43. The molecule has 1 aromatic rings. The van der Waals surface area contributed by atoms with Gasteiger partial charge in [-0.15, -0.1) is 0 Å². The third-order valence-corrected chi connectivity index (χ3v) is 2.96. The molecule has 108 valence electrons. The molecule has 0 aliphatic rings. The van der Waals surface area contributed by atoms with Crippen molar-refractivity contribution in [2.45, 2.75) is 19.9 Å². The molecule has 0 aliphatic carbocycles. The molecule has 0 aromatic heterocycles. The summed E-state index contributed by atoms with van der Waals surface area (Å²) in [5, 5.41) is 20.2. The zero-order valence-electron chi connectivity index (χ0n) is 11.7. The van der Waals surface area contributed by atoms with Crippen LogP contribution in [0.5, 0.6) is 5.75 Å².